The number of nitrogens with zero attached hydrogens (tertiary/aromatic N) is 3. The molecule has 1 aliphatic rings. The maximum atomic E-state index is 11.5. The third-order valence-electron chi connectivity index (χ3n) is 3.19. The molecule has 0 unspecified atom stereocenters. The van der Waals surface area contributed by atoms with Gasteiger partial charge in [-0.3, -0.25) is 0 Å². The fourth-order valence-electron chi connectivity index (χ4n) is 2.29. The van der Waals surface area contributed by atoms with Crippen molar-refractivity contribution in [3.05, 3.63) is 29.6 Å². The van der Waals surface area contributed by atoms with E-state index in [-0.39, 0.29) is 5.75 Å². The molecule has 2 aromatic rings. The van der Waals surface area contributed by atoms with Gasteiger partial charge in [-0.2, -0.15) is 5.26 Å². The zero-order valence-corrected chi connectivity index (χ0v) is 11.3. The molecule has 1 aliphatic carbocycles. The normalized spacial score (nSPS) is 15.6. The molecule has 6 heteroatoms. The summed E-state index contributed by atoms with van der Waals surface area (Å²) < 4.78 is 25.0. The summed E-state index contributed by atoms with van der Waals surface area (Å²) in [4.78, 5) is 4.40. The minimum absolute atomic E-state index is 0.0555. The fraction of sp³-hybridized carbons (Fsp3) is 0.385. The van der Waals surface area contributed by atoms with Gasteiger partial charge in [0.1, 0.15) is 11.6 Å². The van der Waals surface area contributed by atoms with E-state index in [0.717, 1.165) is 18.4 Å². The topological polar surface area (TPSA) is 75.8 Å². The second kappa shape index (κ2) is 4.07. The smallest absolute Gasteiger partial charge is 0.154 e. The summed E-state index contributed by atoms with van der Waals surface area (Å²) in [6.07, 6.45) is 3.33. The second-order valence-corrected chi connectivity index (χ2v) is 7.15. The zero-order valence-electron chi connectivity index (χ0n) is 10.5. The second-order valence-electron chi connectivity index (χ2n) is 5.01. The Kier molecular flexibility index (Phi) is 2.61. The molecule has 1 saturated carbocycles. The first kappa shape index (κ1) is 12.2. The fourth-order valence-corrected chi connectivity index (χ4v) is 2.97. The quantitative estimate of drug-likeness (QED) is 0.855. The van der Waals surface area contributed by atoms with Gasteiger partial charge in [-0.1, -0.05) is 0 Å². The molecule has 1 aromatic heterocycles. The third-order valence-corrected chi connectivity index (χ3v) is 3.98. The molecule has 0 radical (unpaired) electrons. The number of hydrogen-bond donors (Lipinski definition) is 0. The van der Waals surface area contributed by atoms with Crippen molar-refractivity contribution in [1.82, 2.24) is 9.55 Å². The van der Waals surface area contributed by atoms with Gasteiger partial charge in [-0.15, -0.1) is 0 Å². The minimum Gasteiger partial charge on any atom is -0.324 e. The van der Waals surface area contributed by atoms with Gasteiger partial charge in [-0.25, -0.2) is 13.4 Å². The lowest BCUT2D eigenvalue weighted by Crippen LogP contribution is -2.08. The monoisotopic (exact) mass is 275 g/mol. The molecule has 19 heavy (non-hydrogen) atoms. The summed E-state index contributed by atoms with van der Waals surface area (Å²) >= 11 is 0. The molecule has 5 nitrogen and oxygen atoms in total. The highest BCUT2D eigenvalue weighted by Gasteiger charge is 2.29. The number of hydrogen-bond acceptors (Lipinski definition) is 4. The first-order chi connectivity index (χ1) is 8.98. The molecular formula is C13H13N3O2S. The largest absolute Gasteiger partial charge is 0.324 e. The summed E-state index contributed by atoms with van der Waals surface area (Å²) in [7, 11) is -3.12. The van der Waals surface area contributed by atoms with Crippen LogP contribution in [0.25, 0.3) is 11.0 Å². The van der Waals surface area contributed by atoms with Gasteiger partial charge in [0.2, 0.25) is 0 Å². The Bertz CT molecular complexity index is 795. The molecule has 0 amide bonds. The van der Waals surface area contributed by atoms with Crippen LogP contribution in [0.2, 0.25) is 0 Å². The molecule has 0 saturated heterocycles. The number of benzene rings is 1. The number of rotatable bonds is 3. The summed E-state index contributed by atoms with van der Waals surface area (Å²) in [5.74, 6) is 0.523. The van der Waals surface area contributed by atoms with Crippen LogP contribution in [0.15, 0.2) is 18.2 Å². The summed E-state index contributed by atoms with van der Waals surface area (Å²) in [5.41, 5.74) is 2.16. The predicted molar refractivity (Wildman–Crippen MR) is 71.3 cm³/mol. The van der Waals surface area contributed by atoms with E-state index in [1.807, 2.05) is 10.6 Å². The number of nitriles is 1. The molecule has 0 atom stereocenters. The summed E-state index contributed by atoms with van der Waals surface area (Å²) in [5, 5.41) is 8.90. The van der Waals surface area contributed by atoms with E-state index in [4.69, 9.17) is 5.26 Å². The maximum absolute atomic E-state index is 11.5. The Balaban J connectivity index is 2.20. The molecule has 1 heterocycles. The van der Waals surface area contributed by atoms with Crippen molar-refractivity contribution < 1.29 is 8.42 Å². The maximum Gasteiger partial charge on any atom is 0.154 e. The molecule has 0 N–H and O–H groups in total. The highest BCUT2D eigenvalue weighted by Crippen LogP contribution is 2.39. The van der Waals surface area contributed by atoms with Gasteiger partial charge in [0.25, 0.3) is 0 Å². The molecule has 0 spiro atoms. The van der Waals surface area contributed by atoms with Crippen LogP contribution in [0.4, 0.5) is 0 Å². The van der Waals surface area contributed by atoms with Crippen LogP contribution in [0.1, 0.15) is 30.3 Å². The van der Waals surface area contributed by atoms with Gasteiger partial charge in [0.05, 0.1) is 22.7 Å². The Morgan fingerprint density at radius 1 is 1.47 bits per heavy atom. The first-order valence-electron chi connectivity index (χ1n) is 6.06. The van der Waals surface area contributed by atoms with E-state index >= 15 is 0 Å². The molecule has 0 aliphatic heterocycles. The van der Waals surface area contributed by atoms with E-state index < -0.39 is 9.84 Å². The molecule has 1 fully saturated rings. The van der Waals surface area contributed by atoms with E-state index in [1.165, 1.54) is 6.26 Å². The number of sulfone groups is 1. The molecular weight excluding hydrogens is 262 g/mol. The SMILES string of the molecule is CS(=O)(=O)Cc1nc2cc(C#N)ccc2n1C1CC1. The van der Waals surface area contributed by atoms with Gasteiger partial charge in [-0.05, 0) is 31.0 Å². The van der Waals surface area contributed by atoms with Crippen LogP contribution in [-0.2, 0) is 15.6 Å². The van der Waals surface area contributed by atoms with Crippen molar-refractivity contribution in [3.8, 4) is 6.07 Å². The molecule has 0 bridgehead atoms. The minimum atomic E-state index is -3.12. The van der Waals surface area contributed by atoms with Crippen LogP contribution < -0.4 is 0 Å². The summed E-state index contributed by atoms with van der Waals surface area (Å²) in [6, 6.07) is 7.73. The van der Waals surface area contributed by atoms with Gasteiger partial charge < -0.3 is 4.57 Å². The van der Waals surface area contributed by atoms with Crippen molar-refractivity contribution >= 4 is 20.9 Å². The number of aromatic nitrogens is 2. The Morgan fingerprint density at radius 2 is 2.21 bits per heavy atom. The van der Waals surface area contributed by atoms with Gasteiger partial charge in [0.15, 0.2) is 9.84 Å². The molecule has 1 aromatic carbocycles. The zero-order chi connectivity index (χ0) is 13.6. The highest BCUT2D eigenvalue weighted by atomic mass is 32.2. The van der Waals surface area contributed by atoms with Crippen molar-refractivity contribution in [2.45, 2.75) is 24.6 Å². The third kappa shape index (κ3) is 2.34. The molecule has 3 rings (SSSR count). The van der Waals surface area contributed by atoms with Crippen molar-refractivity contribution in [2.24, 2.45) is 0 Å². The Morgan fingerprint density at radius 3 is 2.79 bits per heavy atom. The average molecular weight is 275 g/mol. The van der Waals surface area contributed by atoms with Crippen molar-refractivity contribution in [1.29, 1.82) is 5.26 Å². The summed E-state index contributed by atoms with van der Waals surface area (Å²) in [6.45, 7) is 0. The van der Waals surface area contributed by atoms with Crippen molar-refractivity contribution in [3.63, 3.8) is 0 Å². The highest BCUT2D eigenvalue weighted by molar-refractivity contribution is 7.89. The van der Waals surface area contributed by atoms with Crippen LogP contribution in [0.5, 0.6) is 0 Å². The molecule has 98 valence electrons. The predicted octanol–water partition coefficient (Wildman–Crippen LogP) is 1.79. The van der Waals surface area contributed by atoms with Gasteiger partial charge >= 0.3 is 0 Å². The van der Waals surface area contributed by atoms with Gasteiger partial charge in [0, 0.05) is 12.3 Å². The lowest BCUT2D eigenvalue weighted by molar-refractivity contribution is 0.597. The van der Waals surface area contributed by atoms with E-state index in [1.54, 1.807) is 12.1 Å². The van der Waals surface area contributed by atoms with Crippen LogP contribution in [0.3, 0.4) is 0 Å². The van der Waals surface area contributed by atoms with E-state index in [9.17, 15) is 8.42 Å². The van der Waals surface area contributed by atoms with E-state index in [0.29, 0.717) is 22.9 Å². The lowest BCUT2D eigenvalue weighted by atomic mass is 10.2. The Hall–Kier alpha value is -1.87. The van der Waals surface area contributed by atoms with E-state index in [2.05, 4.69) is 11.1 Å². The average Bonchev–Trinajstić information content (AvgIpc) is 3.09. The Labute approximate surface area is 111 Å². The number of imidazole rings is 1. The van der Waals surface area contributed by atoms with Crippen LogP contribution >= 0.6 is 0 Å². The number of fused-ring (bicyclic) bond motifs is 1. The van der Waals surface area contributed by atoms with Crippen LogP contribution in [0, 0.1) is 11.3 Å². The van der Waals surface area contributed by atoms with Crippen molar-refractivity contribution in [2.75, 3.05) is 6.26 Å². The lowest BCUT2D eigenvalue weighted by Gasteiger charge is -2.06. The van der Waals surface area contributed by atoms with Crippen LogP contribution in [-0.4, -0.2) is 24.2 Å². The standard InChI is InChI=1S/C13H13N3O2S/c1-19(17,18)8-13-15-11-6-9(7-14)2-5-12(11)16(13)10-3-4-10/h2,5-6,10H,3-4,8H2,1H3. The first-order valence-corrected chi connectivity index (χ1v) is 8.13.